The molecule has 0 aromatic heterocycles. The molecule has 6 nitrogen and oxygen atoms in total. The fourth-order valence-electron chi connectivity index (χ4n) is 2.59. The summed E-state index contributed by atoms with van der Waals surface area (Å²) in [6.45, 7) is 2.65. The number of carbonyl (C=O) groups is 1. The van der Waals surface area contributed by atoms with Crippen LogP contribution < -0.4 is 14.2 Å². The van der Waals surface area contributed by atoms with E-state index >= 15 is 0 Å². The topological polar surface area (TPSA) is 69.8 Å². The molecule has 27 heavy (non-hydrogen) atoms. The maximum absolute atomic E-state index is 12.4. The summed E-state index contributed by atoms with van der Waals surface area (Å²) in [5, 5.41) is 0. The number of hydrogen-bond donors (Lipinski definition) is 0. The SMILES string of the molecule is O=C(Oc1cc(OCCC2CO2)ccc1OCCC1CO1)c1ccccc1. The van der Waals surface area contributed by atoms with Gasteiger partial charge in [-0.05, 0) is 24.3 Å². The molecule has 0 radical (unpaired) electrons. The molecule has 0 bridgehead atoms. The molecule has 0 N–H and O–H groups in total. The van der Waals surface area contributed by atoms with Crippen molar-refractivity contribution < 1.29 is 28.5 Å². The lowest BCUT2D eigenvalue weighted by molar-refractivity contribution is 0.0727. The van der Waals surface area contributed by atoms with E-state index in [0.717, 1.165) is 26.1 Å². The standard InChI is InChI=1S/C21H22O6/c22-21(15-4-2-1-3-5-15)27-20-12-16(23-10-8-17-13-25-17)6-7-19(20)24-11-9-18-14-26-18/h1-7,12,17-18H,8-11,13-14H2. The fourth-order valence-corrected chi connectivity index (χ4v) is 2.59. The third kappa shape index (κ3) is 5.45. The van der Waals surface area contributed by atoms with Gasteiger partial charge < -0.3 is 23.7 Å². The van der Waals surface area contributed by atoms with Crippen LogP contribution in [0.3, 0.4) is 0 Å². The first-order valence-corrected chi connectivity index (χ1v) is 9.18. The van der Waals surface area contributed by atoms with Crippen molar-refractivity contribution in [3.05, 3.63) is 54.1 Å². The lowest BCUT2D eigenvalue weighted by Crippen LogP contribution is -2.10. The summed E-state index contributed by atoms with van der Waals surface area (Å²) < 4.78 is 27.5. The lowest BCUT2D eigenvalue weighted by Gasteiger charge is -2.13. The number of carbonyl (C=O) groups excluding carboxylic acids is 1. The average molecular weight is 370 g/mol. The minimum Gasteiger partial charge on any atom is -0.493 e. The highest BCUT2D eigenvalue weighted by Gasteiger charge is 2.23. The highest BCUT2D eigenvalue weighted by Crippen LogP contribution is 2.33. The molecule has 0 spiro atoms. The van der Waals surface area contributed by atoms with Crippen molar-refractivity contribution in [2.24, 2.45) is 0 Å². The normalized spacial score (nSPS) is 20.0. The molecule has 2 fully saturated rings. The summed E-state index contributed by atoms with van der Waals surface area (Å²) >= 11 is 0. The van der Waals surface area contributed by atoms with Crippen LogP contribution in [-0.4, -0.2) is 44.6 Å². The van der Waals surface area contributed by atoms with Crippen LogP contribution >= 0.6 is 0 Å². The molecular formula is C21H22O6. The van der Waals surface area contributed by atoms with Crippen LogP contribution in [0.1, 0.15) is 23.2 Å². The largest absolute Gasteiger partial charge is 0.493 e. The van der Waals surface area contributed by atoms with Gasteiger partial charge in [-0.3, -0.25) is 0 Å². The summed E-state index contributed by atoms with van der Waals surface area (Å²) in [4.78, 5) is 12.4. The number of esters is 1. The van der Waals surface area contributed by atoms with Gasteiger partial charge in [-0.2, -0.15) is 0 Å². The summed E-state index contributed by atoms with van der Waals surface area (Å²) in [5.74, 6) is 1.05. The molecule has 2 aromatic rings. The van der Waals surface area contributed by atoms with Gasteiger partial charge in [0.25, 0.3) is 0 Å². The van der Waals surface area contributed by atoms with Crippen molar-refractivity contribution in [3.8, 4) is 17.2 Å². The van der Waals surface area contributed by atoms with E-state index < -0.39 is 5.97 Å². The predicted molar refractivity (Wildman–Crippen MR) is 97.5 cm³/mol. The van der Waals surface area contributed by atoms with Crippen LogP contribution in [0.15, 0.2) is 48.5 Å². The maximum atomic E-state index is 12.4. The molecule has 0 saturated carbocycles. The van der Waals surface area contributed by atoms with E-state index in [0.29, 0.717) is 42.1 Å². The molecule has 2 unspecified atom stereocenters. The zero-order chi connectivity index (χ0) is 18.5. The summed E-state index contributed by atoms with van der Waals surface area (Å²) in [6, 6.07) is 14.1. The quantitative estimate of drug-likeness (QED) is 0.363. The van der Waals surface area contributed by atoms with E-state index in [2.05, 4.69) is 0 Å². The Balaban J connectivity index is 1.43. The summed E-state index contributed by atoms with van der Waals surface area (Å²) in [6.07, 6.45) is 2.25. The number of ether oxygens (including phenoxy) is 5. The Morgan fingerprint density at radius 3 is 2.22 bits per heavy atom. The number of hydrogen-bond acceptors (Lipinski definition) is 6. The highest BCUT2D eigenvalue weighted by atomic mass is 16.6. The molecule has 4 rings (SSSR count). The van der Waals surface area contributed by atoms with Gasteiger partial charge in [0.2, 0.25) is 0 Å². The maximum Gasteiger partial charge on any atom is 0.343 e. The summed E-state index contributed by atoms with van der Waals surface area (Å²) in [5.41, 5.74) is 0.479. The van der Waals surface area contributed by atoms with Crippen molar-refractivity contribution in [1.82, 2.24) is 0 Å². The molecule has 2 aliphatic heterocycles. The summed E-state index contributed by atoms with van der Waals surface area (Å²) in [7, 11) is 0. The Kier molecular flexibility index (Phi) is 5.55. The molecule has 2 heterocycles. The second kappa shape index (κ2) is 8.41. The van der Waals surface area contributed by atoms with Gasteiger partial charge in [-0.1, -0.05) is 18.2 Å². The molecule has 2 saturated heterocycles. The van der Waals surface area contributed by atoms with Crippen LogP contribution in [0.5, 0.6) is 17.2 Å². The van der Waals surface area contributed by atoms with Gasteiger partial charge in [0.05, 0.1) is 44.2 Å². The van der Waals surface area contributed by atoms with Crippen molar-refractivity contribution >= 4 is 5.97 Å². The molecule has 142 valence electrons. The Bertz CT molecular complexity index is 767. The van der Waals surface area contributed by atoms with Gasteiger partial charge >= 0.3 is 5.97 Å². The van der Waals surface area contributed by atoms with E-state index in [1.54, 1.807) is 36.4 Å². The second-order valence-electron chi connectivity index (χ2n) is 6.55. The minimum atomic E-state index is -0.436. The van der Waals surface area contributed by atoms with E-state index in [-0.39, 0.29) is 6.10 Å². The van der Waals surface area contributed by atoms with Crippen LogP contribution in [0, 0.1) is 0 Å². The minimum absolute atomic E-state index is 0.285. The van der Waals surface area contributed by atoms with Gasteiger partial charge in [0.1, 0.15) is 5.75 Å². The average Bonchev–Trinajstić information content (AvgIpc) is 3.59. The van der Waals surface area contributed by atoms with Crippen molar-refractivity contribution in [2.45, 2.75) is 25.0 Å². The molecule has 2 aromatic carbocycles. The fraction of sp³-hybridized carbons (Fsp3) is 0.381. The predicted octanol–water partition coefficient (Wildman–Crippen LogP) is 3.24. The monoisotopic (exact) mass is 370 g/mol. The molecule has 6 heteroatoms. The smallest absolute Gasteiger partial charge is 0.343 e. The van der Waals surface area contributed by atoms with Crippen LogP contribution in [-0.2, 0) is 9.47 Å². The molecule has 0 aliphatic carbocycles. The van der Waals surface area contributed by atoms with Gasteiger partial charge in [0, 0.05) is 18.9 Å². The van der Waals surface area contributed by atoms with Crippen LogP contribution in [0.25, 0.3) is 0 Å². The number of benzene rings is 2. The second-order valence-corrected chi connectivity index (χ2v) is 6.55. The third-order valence-electron chi connectivity index (χ3n) is 4.34. The number of rotatable bonds is 10. The zero-order valence-electron chi connectivity index (χ0n) is 15.0. The van der Waals surface area contributed by atoms with Crippen molar-refractivity contribution in [3.63, 3.8) is 0 Å². The first kappa shape index (κ1) is 17.8. The van der Waals surface area contributed by atoms with E-state index in [4.69, 9.17) is 23.7 Å². The first-order valence-electron chi connectivity index (χ1n) is 9.18. The Morgan fingerprint density at radius 2 is 1.56 bits per heavy atom. The van der Waals surface area contributed by atoms with Crippen LogP contribution in [0.2, 0.25) is 0 Å². The van der Waals surface area contributed by atoms with Gasteiger partial charge in [-0.15, -0.1) is 0 Å². The first-order chi connectivity index (χ1) is 13.3. The molecule has 2 aliphatic rings. The van der Waals surface area contributed by atoms with Gasteiger partial charge in [0.15, 0.2) is 11.5 Å². The van der Waals surface area contributed by atoms with Crippen molar-refractivity contribution in [2.75, 3.05) is 26.4 Å². The van der Waals surface area contributed by atoms with E-state index in [1.807, 2.05) is 12.1 Å². The van der Waals surface area contributed by atoms with Crippen molar-refractivity contribution in [1.29, 1.82) is 0 Å². The van der Waals surface area contributed by atoms with E-state index in [9.17, 15) is 4.79 Å². The Labute approximate surface area is 157 Å². The van der Waals surface area contributed by atoms with Crippen LogP contribution in [0.4, 0.5) is 0 Å². The highest BCUT2D eigenvalue weighted by molar-refractivity contribution is 5.91. The zero-order valence-corrected chi connectivity index (χ0v) is 15.0. The lowest BCUT2D eigenvalue weighted by atomic mass is 10.2. The third-order valence-corrected chi connectivity index (χ3v) is 4.34. The van der Waals surface area contributed by atoms with E-state index in [1.165, 1.54) is 0 Å². The Hall–Kier alpha value is -2.57. The number of epoxide rings is 2. The molecule has 2 atom stereocenters. The molecular weight excluding hydrogens is 348 g/mol. The Morgan fingerprint density at radius 1 is 0.889 bits per heavy atom. The van der Waals surface area contributed by atoms with Gasteiger partial charge in [-0.25, -0.2) is 4.79 Å². The molecule has 0 amide bonds.